The van der Waals surface area contributed by atoms with Gasteiger partial charge in [-0.3, -0.25) is 9.55 Å². The minimum atomic E-state index is 0.761. The topological polar surface area (TPSA) is 48.8 Å². The first kappa shape index (κ1) is 24.3. The predicted molar refractivity (Wildman–Crippen MR) is 183 cm³/mol. The molecule has 4 heterocycles. The second-order valence-corrected chi connectivity index (χ2v) is 11.5. The molecule has 210 valence electrons. The van der Waals surface area contributed by atoms with Crippen LogP contribution in [0, 0.1) is 0 Å². The average molecular weight is 577 g/mol. The number of fused-ring (bicyclic) bond motifs is 10. The molecule has 0 bridgehead atoms. The molecule has 0 unspecified atom stereocenters. The van der Waals surface area contributed by atoms with Crippen LogP contribution in [0.15, 0.2) is 150 Å². The molecule has 0 N–H and O–H groups in total. The van der Waals surface area contributed by atoms with Crippen LogP contribution in [0.25, 0.3) is 88.3 Å². The Labute approximate surface area is 257 Å². The molecule has 5 heteroatoms. The predicted octanol–water partition coefficient (Wildman–Crippen LogP) is 10.2. The van der Waals surface area contributed by atoms with Gasteiger partial charge in [0, 0.05) is 38.2 Å². The standard InChI is InChI=1S/C40H24N4O/c1-2-10-25(11-3-1)32-23-41-24-38(42-32)44-35-20-18-26(43-33-15-7-4-12-27(33)28-13-5-8-16-34(28)43)22-31(35)39-36(44)21-19-30-29-14-6-9-17-37(29)45-40(30)39/h1-24H. The molecule has 10 aromatic rings. The Morgan fingerprint density at radius 2 is 1.16 bits per heavy atom. The molecular weight excluding hydrogens is 552 g/mol. The molecule has 0 atom stereocenters. The van der Waals surface area contributed by atoms with Crippen molar-refractivity contribution in [3.05, 3.63) is 146 Å². The van der Waals surface area contributed by atoms with Crippen LogP contribution in [0.4, 0.5) is 0 Å². The molecule has 0 aliphatic rings. The van der Waals surface area contributed by atoms with Crippen LogP contribution in [0.2, 0.25) is 0 Å². The Kier molecular flexibility index (Phi) is 4.93. The van der Waals surface area contributed by atoms with E-state index in [1.807, 2.05) is 42.7 Å². The fourth-order valence-corrected chi connectivity index (χ4v) is 7.07. The lowest BCUT2D eigenvalue weighted by Crippen LogP contribution is -2.00. The van der Waals surface area contributed by atoms with E-state index in [1.54, 1.807) is 0 Å². The molecule has 0 amide bonds. The Hall–Kier alpha value is -6.20. The van der Waals surface area contributed by atoms with E-state index in [9.17, 15) is 0 Å². The van der Waals surface area contributed by atoms with E-state index < -0.39 is 0 Å². The first-order valence-electron chi connectivity index (χ1n) is 15.1. The maximum Gasteiger partial charge on any atom is 0.156 e. The summed E-state index contributed by atoms with van der Waals surface area (Å²) in [5.41, 5.74) is 9.13. The van der Waals surface area contributed by atoms with Crippen LogP contribution < -0.4 is 0 Å². The molecule has 0 aliphatic heterocycles. The van der Waals surface area contributed by atoms with Gasteiger partial charge in [0.15, 0.2) is 5.82 Å². The van der Waals surface area contributed by atoms with Crippen molar-refractivity contribution >= 4 is 65.6 Å². The fourth-order valence-electron chi connectivity index (χ4n) is 7.07. The van der Waals surface area contributed by atoms with Crippen LogP contribution in [-0.2, 0) is 0 Å². The minimum Gasteiger partial charge on any atom is -0.455 e. The number of benzene rings is 6. The zero-order valence-corrected chi connectivity index (χ0v) is 24.1. The zero-order chi connectivity index (χ0) is 29.5. The molecule has 45 heavy (non-hydrogen) atoms. The summed E-state index contributed by atoms with van der Waals surface area (Å²) in [6.07, 6.45) is 3.67. The highest BCUT2D eigenvalue weighted by molar-refractivity contribution is 6.24. The quantitative estimate of drug-likeness (QED) is 0.210. The fraction of sp³-hybridized carbons (Fsp3) is 0. The molecule has 0 saturated heterocycles. The summed E-state index contributed by atoms with van der Waals surface area (Å²) in [7, 11) is 0. The summed E-state index contributed by atoms with van der Waals surface area (Å²) in [5.74, 6) is 0.761. The summed E-state index contributed by atoms with van der Waals surface area (Å²) in [4.78, 5) is 9.77. The third-order valence-electron chi connectivity index (χ3n) is 9.01. The maximum absolute atomic E-state index is 6.63. The second kappa shape index (κ2) is 9.15. The van der Waals surface area contributed by atoms with Crippen molar-refractivity contribution < 1.29 is 4.42 Å². The van der Waals surface area contributed by atoms with Crippen molar-refractivity contribution in [3.63, 3.8) is 0 Å². The van der Waals surface area contributed by atoms with Gasteiger partial charge in [-0.15, -0.1) is 0 Å². The highest BCUT2D eigenvalue weighted by Gasteiger charge is 2.21. The smallest absolute Gasteiger partial charge is 0.156 e. The van der Waals surface area contributed by atoms with Gasteiger partial charge in [0.25, 0.3) is 0 Å². The third kappa shape index (κ3) is 3.43. The lowest BCUT2D eigenvalue weighted by Gasteiger charge is -2.10. The summed E-state index contributed by atoms with van der Waals surface area (Å²) in [6.45, 7) is 0. The van der Waals surface area contributed by atoms with Gasteiger partial charge in [0.1, 0.15) is 11.2 Å². The van der Waals surface area contributed by atoms with Crippen LogP contribution in [0.1, 0.15) is 0 Å². The summed E-state index contributed by atoms with van der Waals surface area (Å²) in [5, 5.41) is 6.85. The van der Waals surface area contributed by atoms with E-state index in [4.69, 9.17) is 9.40 Å². The normalized spacial score (nSPS) is 12.0. The molecule has 6 aromatic carbocycles. The molecule has 0 aliphatic carbocycles. The molecule has 0 spiro atoms. The zero-order valence-electron chi connectivity index (χ0n) is 24.1. The SMILES string of the molecule is c1ccc(-c2cncc(-n3c4ccc(-n5c6ccccc6c6ccccc65)cc4c4c5oc6ccccc6c5ccc43)n2)cc1. The highest BCUT2D eigenvalue weighted by atomic mass is 16.3. The lowest BCUT2D eigenvalue weighted by atomic mass is 10.1. The van der Waals surface area contributed by atoms with E-state index in [2.05, 4.69) is 117 Å². The number of hydrogen-bond donors (Lipinski definition) is 0. The number of para-hydroxylation sites is 3. The van der Waals surface area contributed by atoms with Crippen LogP contribution in [0.3, 0.4) is 0 Å². The Bertz CT molecular complexity index is 2710. The van der Waals surface area contributed by atoms with Gasteiger partial charge in [0.2, 0.25) is 0 Å². The van der Waals surface area contributed by atoms with Gasteiger partial charge in [0.05, 0.1) is 45.5 Å². The van der Waals surface area contributed by atoms with Crippen LogP contribution in [-0.4, -0.2) is 19.1 Å². The summed E-state index contributed by atoms with van der Waals surface area (Å²) in [6, 6.07) is 46.8. The summed E-state index contributed by atoms with van der Waals surface area (Å²) < 4.78 is 11.2. The maximum atomic E-state index is 6.63. The van der Waals surface area contributed by atoms with Gasteiger partial charge in [-0.25, -0.2) is 4.98 Å². The van der Waals surface area contributed by atoms with Crippen LogP contribution >= 0.6 is 0 Å². The monoisotopic (exact) mass is 576 g/mol. The van der Waals surface area contributed by atoms with E-state index in [1.165, 1.54) is 21.8 Å². The first-order valence-corrected chi connectivity index (χ1v) is 15.1. The Morgan fingerprint density at radius 1 is 0.489 bits per heavy atom. The lowest BCUT2D eigenvalue weighted by molar-refractivity contribution is 0.673. The van der Waals surface area contributed by atoms with E-state index in [0.29, 0.717) is 0 Å². The van der Waals surface area contributed by atoms with E-state index in [-0.39, 0.29) is 0 Å². The minimum absolute atomic E-state index is 0.761. The van der Waals surface area contributed by atoms with Gasteiger partial charge >= 0.3 is 0 Å². The molecule has 0 saturated carbocycles. The molecular formula is C40H24N4O. The highest BCUT2D eigenvalue weighted by Crippen LogP contribution is 2.42. The molecule has 5 nitrogen and oxygen atoms in total. The first-order chi connectivity index (χ1) is 22.3. The third-order valence-corrected chi connectivity index (χ3v) is 9.01. The number of rotatable bonds is 3. The molecule has 0 fully saturated rings. The average Bonchev–Trinajstić information content (AvgIpc) is 3.76. The van der Waals surface area contributed by atoms with Gasteiger partial charge in [-0.1, -0.05) is 84.9 Å². The Balaban J connectivity index is 1.33. The van der Waals surface area contributed by atoms with E-state index in [0.717, 1.165) is 66.5 Å². The van der Waals surface area contributed by atoms with Crippen molar-refractivity contribution in [3.8, 4) is 22.8 Å². The number of aromatic nitrogens is 4. The Morgan fingerprint density at radius 3 is 1.96 bits per heavy atom. The molecule has 4 aromatic heterocycles. The van der Waals surface area contributed by atoms with Gasteiger partial charge < -0.3 is 8.98 Å². The number of furan rings is 1. The second-order valence-electron chi connectivity index (χ2n) is 11.5. The van der Waals surface area contributed by atoms with Crippen molar-refractivity contribution in [1.82, 2.24) is 19.1 Å². The largest absolute Gasteiger partial charge is 0.455 e. The molecule has 10 rings (SSSR count). The van der Waals surface area contributed by atoms with Crippen molar-refractivity contribution in [2.24, 2.45) is 0 Å². The van der Waals surface area contributed by atoms with Crippen molar-refractivity contribution in [2.45, 2.75) is 0 Å². The van der Waals surface area contributed by atoms with E-state index >= 15 is 0 Å². The van der Waals surface area contributed by atoms with Crippen molar-refractivity contribution in [1.29, 1.82) is 0 Å². The number of nitrogens with zero attached hydrogens (tertiary/aromatic N) is 4. The molecule has 0 radical (unpaired) electrons. The summed E-state index contributed by atoms with van der Waals surface area (Å²) >= 11 is 0. The van der Waals surface area contributed by atoms with Gasteiger partial charge in [-0.2, -0.15) is 0 Å². The van der Waals surface area contributed by atoms with Gasteiger partial charge in [-0.05, 0) is 48.5 Å². The van der Waals surface area contributed by atoms with Crippen molar-refractivity contribution in [2.75, 3.05) is 0 Å². The number of hydrogen-bond acceptors (Lipinski definition) is 3. The van der Waals surface area contributed by atoms with Crippen LogP contribution in [0.5, 0.6) is 0 Å².